The first-order valence-electron chi connectivity index (χ1n) is 10.4. The molecule has 0 spiro atoms. The monoisotopic (exact) mass is 468 g/mol. The van der Waals surface area contributed by atoms with Gasteiger partial charge in [0, 0.05) is 33.1 Å². The Morgan fingerprint density at radius 1 is 0.818 bits per heavy atom. The minimum atomic E-state index is -3.83. The maximum atomic E-state index is 13.9. The summed E-state index contributed by atoms with van der Waals surface area (Å²) in [6, 6.07) is 30.0. The van der Waals surface area contributed by atoms with Gasteiger partial charge in [0.2, 0.25) is 9.84 Å². The molecule has 0 aliphatic rings. The number of H-pyrrole nitrogens is 1. The van der Waals surface area contributed by atoms with Crippen LogP contribution in [0, 0.1) is 0 Å². The molecule has 0 unspecified atom stereocenters. The van der Waals surface area contributed by atoms with Crippen LogP contribution in [0.25, 0.3) is 21.9 Å². The molecule has 2 heterocycles. The van der Waals surface area contributed by atoms with E-state index in [1.807, 2.05) is 66.7 Å². The summed E-state index contributed by atoms with van der Waals surface area (Å²) >= 11 is 1.55. The van der Waals surface area contributed by atoms with Crippen molar-refractivity contribution in [2.24, 2.45) is 0 Å². The molecule has 3 aromatic carbocycles. The summed E-state index contributed by atoms with van der Waals surface area (Å²) in [5.74, 6) is 0. The average Bonchev–Trinajstić information content (AvgIpc) is 3.22. The standard InChI is InChI=1S/C27H20N2O2S2/c30-33(31,22-13-5-2-6-14-22)25(18-20-10-9-17-28-19-20)26-27(32-21-11-3-1-4-12-21)23-15-7-8-16-24(23)29-26/h1-19,29H/b25-18-. The van der Waals surface area contributed by atoms with Gasteiger partial charge in [-0.2, -0.15) is 0 Å². The van der Waals surface area contributed by atoms with Crippen LogP contribution in [0.2, 0.25) is 0 Å². The van der Waals surface area contributed by atoms with E-state index in [-0.39, 0.29) is 9.80 Å². The number of sulfone groups is 1. The Morgan fingerprint density at radius 2 is 1.52 bits per heavy atom. The molecule has 2 aromatic heterocycles. The van der Waals surface area contributed by atoms with Crippen molar-refractivity contribution in [1.29, 1.82) is 0 Å². The molecule has 0 aliphatic heterocycles. The van der Waals surface area contributed by atoms with Crippen molar-refractivity contribution in [3.8, 4) is 0 Å². The molecule has 1 N–H and O–H groups in total. The molecule has 0 saturated heterocycles. The number of hydrogen-bond donors (Lipinski definition) is 1. The van der Waals surface area contributed by atoms with E-state index < -0.39 is 9.84 Å². The number of para-hydroxylation sites is 1. The van der Waals surface area contributed by atoms with Crippen molar-refractivity contribution in [3.63, 3.8) is 0 Å². The number of fused-ring (bicyclic) bond motifs is 1. The van der Waals surface area contributed by atoms with E-state index in [1.54, 1.807) is 60.6 Å². The van der Waals surface area contributed by atoms with E-state index >= 15 is 0 Å². The lowest BCUT2D eigenvalue weighted by Gasteiger charge is -2.11. The number of nitrogens with one attached hydrogen (secondary N) is 1. The van der Waals surface area contributed by atoms with E-state index in [0.717, 1.165) is 20.7 Å². The highest BCUT2D eigenvalue weighted by Gasteiger charge is 2.27. The van der Waals surface area contributed by atoms with Crippen LogP contribution in [-0.4, -0.2) is 18.4 Å². The first kappa shape index (κ1) is 21.2. The summed E-state index contributed by atoms with van der Waals surface area (Å²) in [6.07, 6.45) is 5.02. The molecular formula is C27H20N2O2S2. The number of nitrogens with zero attached hydrogens (tertiary/aromatic N) is 1. The lowest BCUT2D eigenvalue weighted by atomic mass is 10.2. The Hall–Kier alpha value is -3.61. The molecule has 0 bridgehead atoms. The van der Waals surface area contributed by atoms with Crippen molar-refractivity contribution < 1.29 is 8.42 Å². The number of hydrogen-bond acceptors (Lipinski definition) is 4. The van der Waals surface area contributed by atoms with E-state index in [1.165, 1.54) is 0 Å². The van der Waals surface area contributed by atoms with Gasteiger partial charge in [0.15, 0.2) is 0 Å². The molecule has 33 heavy (non-hydrogen) atoms. The van der Waals surface area contributed by atoms with Crippen LogP contribution in [0.4, 0.5) is 0 Å². The SMILES string of the molecule is O=S(=O)(/C(=C\c1cccnc1)c1[nH]c2ccccc2c1Sc1ccccc1)c1ccccc1. The van der Waals surface area contributed by atoms with Crippen LogP contribution >= 0.6 is 11.8 Å². The van der Waals surface area contributed by atoms with Gasteiger partial charge in [0.1, 0.15) is 0 Å². The fourth-order valence-corrected chi connectivity index (χ4v) is 6.25. The zero-order chi connectivity index (χ0) is 22.7. The third kappa shape index (κ3) is 4.35. The van der Waals surface area contributed by atoms with Gasteiger partial charge < -0.3 is 4.98 Å². The second-order valence-corrected chi connectivity index (χ2v) is 10.4. The van der Waals surface area contributed by atoms with Gasteiger partial charge in [-0.3, -0.25) is 4.98 Å². The first-order valence-corrected chi connectivity index (χ1v) is 12.7. The highest BCUT2D eigenvalue weighted by molar-refractivity contribution is 8.01. The quantitative estimate of drug-likeness (QED) is 0.302. The molecule has 0 amide bonds. The number of aromatic amines is 1. The molecule has 162 valence electrons. The summed E-state index contributed by atoms with van der Waals surface area (Å²) in [6.45, 7) is 0. The van der Waals surface area contributed by atoms with Gasteiger partial charge in [-0.15, -0.1) is 0 Å². The summed E-state index contributed by atoms with van der Waals surface area (Å²) < 4.78 is 27.8. The molecule has 4 nitrogen and oxygen atoms in total. The van der Waals surface area contributed by atoms with E-state index in [9.17, 15) is 8.42 Å². The molecule has 0 aliphatic carbocycles. The van der Waals surface area contributed by atoms with Gasteiger partial charge in [0.05, 0.1) is 15.5 Å². The summed E-state index contributed by atoms with van der Waals surface area (Å²) in [4.78, 5) is 9.90. The number of aromatic nitrogens is 2. The highest BCUT2D eigenvalue weighted by Crippen LogP contribution is 2.42. The molecule has 6 heteroatoms. The van der Waals surface area contributed by atoms with Crippen LogP contribution < -0.4 is 0 Å². The Balaban J connectivity index is 1.78. The molecule has 0 atom stereocenters. The fourth-order valence-electron chi connectivity index (χ4n) is 3.63. The Bertz CT molecular complexity index is 1530. The highest BCUT2D eigenvalue weighted by atomic mass is 32.2. The maximum absolute atomic E-state index is 13.9. The van der Waals surface area contributed by atoms with E-state index in [2.05, 4.69) is 9.97 Å². The predicted octanol–water partition coefficient (Wildman–Crippen LogP) is 6.69. The second-order valence-electron chi connectivity index (χ2n) is 7.40. The van der Waals surface area contributed by atoms with Crippen molar-refractivity contribution in [2.75, 3.05) is 0 Å². The van der Waals surface area contributed by atoms with Gasteiger partial charge in [-0.1, -0.05) is 72.4 Å². The van der Waals surface area contributed by atoms with Gasteiger partial charge in [-0.05, 0) is 48.0 Å². The predicted molar refractivity (Wildman–Crippen MR) is 135 cm³/mol. The lowest BCUT2D eigenvalue weighted by Crippen LogP contribution is -2.05. The topological polar surface area (TPSA) is 62.8 Å². The van der Waals surface area contributed by atoms with Crippen molar-refractivity contribution in [1.82, 2.24) is 9.97 Å². The number of benzene rings is 3. The van der Waals surface area contributed by atoms with Gasteiger partial charge in [0.25, 0.3) is 0 Å². The summed E-state index contributed by atoms with van der Waals surface area (Å²) in [5, 5.41) is 0.974. The van der Waals surface area contributed by atoms with Gasteiger partial charge >= 0.3 is 0 Å². The maximum Gasteiger partial charge on any atom is 0.208 e. The number of pyridine rings is 1. The largest absolute Gasteiger partial charge is 0.353 e. The van der Waals surface area contributed by atoms with Crippen LogP contribution in [0.3, 0.4) is 0 Å². The third-order valence-electron chi connectivity index (χ3n) is 5.19. The van der Waals surface area contributed by atoms with Gasteiger partial charge in [-0.25, -0.2) is 8.42 Å². The Morgan fingerprint density at radius 3 is 2.24 bits per heavy atom. The minimum absolute atomic E-state index is 0.205. The van der Waals surface area contributed by atoms with Crippen molar-refractivity contribution in [3.05, 3.63) is 121 Å². The van der Waals surface area contributed by atoms with Crippen LogP contribution in [0.5, 0.6) is 0 Å². The minimum Gasteiger partial charge on any atom is -0.353 e. The van der Waals surface area contributed by atoms with Crippen molar-refractivity contribution >= 4 is 43.5 Å². The Kier molecular flexibility index (Phi) is 5.86. The molecule has 0 saturated carbocycles. The molecule has 5 aromatic rings. The third-order valence-corrected chi connectivity index (χ3v) is 8.12. The van der Waals surface area contributed by atoms with E-state index in [4.69, 9.17) is 0 Å². The first-order chi connectivity index (χ1) is 16.1. The zero-order valence-electron chi connectivity index (χ0n) is 17.5. The fraction of sp³-hybridized carbons (Fsp3) is 0. The molecular weight excluding hydrogens is 448 g/mol. The van der Waals surface area contributed by atoms with Crippen LogP contribution in [0.1, 0.15) is 11.3 Å². The molecule has 5 rings (SSSR count). The lowest BCUT2D eigenvalue weighted by molar-refractivity contribution is 0.606. The van der Waals surface area contributed by atoms with Crippen molar-refractivity contribution in [2.45, 2.75) is 14.7 Å². The molecule has 0 fully saturated rings. The average molecular weight is 469 g/mol. The summed E-state index contributed by atoms with van der Waals surface area (Å²) in [7, 11) is -3.83. The van der Waals surface area contributed by atoms with Crippen LogP contribution in [0.15, 0.2) is 124 Å². The van der Waals surface area contributed by atoms with Crippen LogP contribution in [-0.2, 0) is 9.84 Å². The summed E-state index contributed by atoms with van der Waals surface area (Å²) in [5.41, 5.74) is 2.16. The normalized spacial score (nSPS) is 12.2. The Labute approximate surface area is 197 Å². The smallest absolute Gasteiger partial charge is 0.208 e. The second kappa shape index (κ2) is 9.10. The van der Waals surface area contributed by atoms with E-state index in [0.29, 0.717) is 11.3 Å². The zero-order valence-corrected chi connectivity index (χ0v) is 19.2. The number of rotatable bonds is 6. The molecule has 0 radical (unpaired) electrons.